The van der Waals surface area contributed by atoms with Crippen LogP contribution >= 0.6 is 0 Å². The lowest BCUT2D eigenvalue weighted by atomic mass is 10.2. The lowest BCUT2D eigenvalue weighted by Gasteiger charge is -2.16. The van der Waals surface area contributed by atoms with Crippen LogP contribution in [0.4, 0.5) is 5.69 Å². The fourth-order valence-electron chi connectivity index (χ4n) is 2.60. The van der Waals surface area contributed by atoms with E-state index in [1.165, 1.54) is 18.3 Å². The second kappa shape index (κ2) is 8.73. The zero-order valence-corrected chi connectivity index (χ0v) is 14.2. The number of hydrogen-bond donors (Lipinski definition) is 2. The zero-order valence-electron chi connectivity index (χ0n) is 14.2. The molecule has 25 heavy (non-hydrogen) atoms. The van der Waals surface area contributed by atoms with E-state index in [2.05, 4.69) is 5.32 Å². The first-order valence-corrected chi connectivity index (χ1v) is 8.21. The molecule has 1 heterocycles. The molecule has 1 aliphatic heterocycles. The molecule has 2 rings (SSSR count). The standard InChI is InChI=1S/C18H22N4O3/c1-21(15-5-7-16(23)8-6-15)13-14(12-19)18(25)20-9-3-11-22-10-2-4-17(22)24/h5-8,13,23H,2-4,9-11H2,1H3,(H,20,25)/b14-13-. The van der Waals surface area contributed by atoms with E-state index in [4.69, 9.17) is 0 Å². The Kier molecular flexibility index (Phi) is 6.40. The summed E-state index contributed by atoms with van der Waals surface area (Å²) in [4.78, 5) is 27.0. The molecule has 1 aliphatic rings. The maximum Gasteiger partial charge on any atom is 0.263 e. The topological polar surface area (TPSA) is 96.7 Å². The summed E-state index contributed by atoms with van der Waals surface area (Å²) in [5.74, 6) is -0.129. The van der Waals surface area contributed by atoms with E-state index in [1.807, 2.05) is 6.07 Å². The third-order valence-corrected chi connectivity index (χ3v) is 4.01. The van der Waals surface area contributed by atoms with Crippen LogP contribution in [0.15, 0.2) is 36.0 Å². The number of aromatic hydroxyl groups is 1. The van der Waals surface area contributed by atoms with Crippen LogP contribution in [0.3, 0.4) is 0 Å². The molecule has 7 nitrogen and oxygen atoms in total. The summed E-state index contributed by atoms with van der Waals surface area (Å²) in [6, 6.07) is 8.34. The van der Waals surface area contributed by atoms with E-state index >= 15 is 0 Å². The molecule has 0 unspecified atom stereocenters. The summed E-state index contributed by atoms with van der Waals surface area (Å²) < 4.78 is 0. The quantitative estimate of drug-likeness (QED) is 0.443. The lowest BCUT2D eigenvalue weighted by Crippen LogP contribution is -2.31. The van der Waals surface area contributed by atoms with Crippen molar-refractivity contribution in [3.8, 4) is 11.8 Å². The molecule has 132 valence electrons. The van der Waals surface area contributed by atoms with Gasteiger partial charge in [0.25, 0.3) is 5.91 Å². The molecule has 0 saturated carbocycles. The number of benzene rings is 1. The van der Waals surface area contributed by atoms with Gasteiger partial charge in [0.05, 0.1) is 0 Å². The van der Waals surface area contributed by atoms with Crippen LogP contribution in [-0.2, 0) is 9.59 Å². The van der Waals surface area contributed by atoms with Gasteiger partial charge in [0.15, 0.2) is 0 Å². The van der Waals surface area contributed by atoms with Crippen LogP contribution in [0.25, 0.3) is 0 Å². The number of rotatable bonds is 7. The van der Waals surface area contributed by atoms with E-state index in [0.717, 1.165) is 18.7 Å². The molecule has 1 aromatic carbocycles. The van der Waals surface area contributed by atoms with Gasteiger partial charge in [0.1, 0.15) is 17.4 Å². The Balaban J connectivity index is 1.84. The molecule has 0 atom stereocenters. The van der Waals surface area contributed by atoms with Gasteiger partial charge in [-0.1, -0.05) is 0 Å². The maximum atomic E-state index is 12.1. The summed E-state index contributed by atoms with van der Waals surface area (Å²) in [7, 11) is 1.72. The Labute approximate surface area is 147 Å². The monoisotopic (exact) mass is 342 g/mol. The van der Waals surface area contributed by atoms with Gasteiger partial charge in [-0.3, -0.25) is 9.59 Å². The van der Waals surface area contributed by atoms with E-state index in [-0.39, 0.29) is 17.2 Å². The Morgan fingerprint density at radius 1 is 1.44 bits per heavy atom. The molecule has 2 amide bonds. The molecule has 2 N–H and O–H groups in total. The highest BCUT2D eigenvalue weighted by Crippen LogP contribution is 2.18. The van der Waals surface area contributed by atoms with E-state index in [0.29, 0.717) is 25.9 Å². The minimum absolute atomic E-state index is 0.00664. The Morgan fingerprint density at radius 2 is 2.16 bits per heavy atom. The highest BCUT2D eigenvalue weighted by atomic mass is 16.3. The van der Waals surface area contributed by atoms with Crippen LogP contribution in [0, 0.1) is 11.3 Å². The van der Waals surface area contributed by atoms with Crippen molar-refractivity contribution in [1.82, 2.24) is 10.2 Å². The number of phenolic OH excluding ortho intramolecular Hbond substituents is 1. The molecular weight excluding hydrogens is 320 g/mol. The number of nitrogens with one attached hydrogen (secondary N) is 1. The van der Waals surface area contributed by atoms with Gasteiger partial charge in [-0.15, -0.1) is 0 Å². The molecular formula is C18H22N4O3. The molecule has 0 aliphatic carbocycles. The van der Waals surface area contributed by atoms with Crippen LogP contribution in [0.1, 0.15) is 19.3 Å². The minimum atomic E-state index is -0.444. The van der Waals surface area contributed by atoms with Crippen molar-refractivity contribution < 1.29 is 14.7 Å². The molecule has 0 aromatic heterocycles. The number of carbonyl (C=O) groups is 2. The summed E-state index contributed by atoms with van der Waals surface area (Å²) in [5, 5.41) is 21.2. The summed E-state index contributed by atoms with van der Waals surface area (Å²) in [5.41, 5.74) is 0.735. The Morgan fingerprint density at radius 3 is 2.76 bits per heavy atom. The van der Waals surface area contributed by atoms with Crippen molar-refractivity contribution in [2.24, 2.45) is 0 Å². The highest BCUT2D eigenvalue weighted by Gasteiger charge is 2.19. The third kappa shape index (κ3) is 5.24. The van der Waals surface area contributed by atoms with Gasteiger partial charge in [-0.25, -0.2) is 0 Å². The smallest absolute Gasteiger partial charge is 0.263 e. The Hall–Kier alpha value is -3.01. The fraction of sp³-hybridized carbons (Fsp3) is 0.389. The fourth-order valence-corrected chi connectivity index (χ4v) is 2.60. The molecule has 7 heteroatoms. The van der Waals surface area contributed by atoms with Crippen molar-refractivity contribution in [2.75, 3.05) is 31.6 Å². The van der Waals surface area contributed by atoms with Crippen molar-refractivity contribution in [3.05, 3.63) is 36.0 Å². The highest BCUT2D eigenvalue weighted by molar-refractivity contribution is 5.97. The molecule has 1 saturated heterocycles. The van der Waals surface area contributed by atoms with Gasteiger partial charge in [0, 0.05) is 45.0 Å². The number of carbonyl (C=O) groups excluding carboxylic acids is 2. The minimum Gasteiger partial charge on any atom is -0.508 e. The van der Waals surface area contributed by atoms with Gasteiger partial charge in [0.2, 0.25) is 5.91 Å². The number of anilines is 1. The molecule has 1 fully saturated rings. The van der Waals surface area contributed by atoms with Gasteiger partial charge >= 0.3 is 0 Å². The molecule has 0 radical (unpaired) electrons. The first kappa shape index (κ1) is 18.3. The SMILES string of the molecule is CN(/C=C(/C#N)C(=O)NCCCN1CCCC1=O)c1ccc(O)cc1. The normalized spacial score (nSPS) is 14.3. The van der Waals surface area contributed by atoms with Crippen molar-refractivity contribution in [2.45, 2.75) is 19.3 Å². The van der Waals surface area contributed by atoms with E-state index in [9.17, 15) is 20.0 Å². The zero-order chi connectivity index (χ0) is 18.2. The predicted octanol–water partition coefficient (Wildman–Crippen LogP) is 1.36. The molecule has 0 spiro atoms. The average Bonchev–Trinajstić information content (AvgIpc) is 3.01. The summed E-state index contributed by atoms with van der Waals surface area (Å²) in [6.07, 6.45) is 3.61. The molecule has 1 aromatic rings. The second-order valence-electron chi connectivity index (χ2n) is 5.88. The number of hydrogen-bond acceptors (Lipinski definition) is 5. The average molecular weight is 342 g/mol. The van der Waals surface area contributed by atoms with Gasteiger partial charge < -0.3 is 20.2 Å². The predicted molar refractivity (Wildman–Crippen MR) is 93.6 cm³/mol. The van der Waals surface area contributed by atoms with E-state index in [1.54, 1.807) is 29.0 Å². The number of amides is 2. The van der Waals surface area contributed by atoms with Crippen LogP contribution < -0.4 is 10.2 Å². The van der Waals surface area contributed by atoms with Crippen molar-refractivity contribution in [3.63, 3.8) is 0 Å². The van der Waals surface area contributed by atoms with Crippen molar-refractivity contribution >= 4 is 17.5 Å². The number of phenols is 1. The van der Waals surface area contributed by atoms with Crippen LogP contribution in [0.2, 0.25) is 0 Å². The third-order valence-electron chi connectivity index (χ3n) is 4.01. The lowest BCUT2D eigenvalue weighted by molar-refractivity contribution is -0.127. The van der Waals surface area contributed by atoms with Crippen LogP contribution in [0.5, 0.6) is 5.75 Å². The van der Waals surface area contributed by atoms with E-state index < -0.39 is 5.91 Å². The van der Waals surface area contributed by atoms with Gasteiger partial charge in [-0.05, 0) is 37.1 Å². The summed E-state index contributed by atoms with van der Waals surface area (Å²) in [6.45, 7) is 1.82. The number of nitriles is 1. The maximum absolute atomic E-state index is 12.1. The first-order chi connectivity index (χ1) is 12.0. The van der Waals surface area contributed by atoms with Crippen molar-refractivity contribution in [1.29, 1.82) is 5.26 Å². The summed E-state index contributed by atoms with van der Waals surface area (Å²) >= 11 is 0. The van der Waals surface area contributed by atoms with Gasteiger partial charge in [-0.2, -0.15) is 5.26 Å². The van der Waals surface area contributed by atoms with Crippen LogP contribution in [-0.4, -0.2) is 48.5 Å². The Bertz CT molecular complexity index is 691. The number of likely N-dealkylation sites (tertiary alicyclic amines) is 1. The largest absolute Gasteiger partial charge is 0.508 e. The first-order valence-electron chi connectivity index (χ1n) is 8.21. The second-order valence-corrected chi connectivity index (χ2v) is 5.88. The number of nitrogens with zero attached hydrogens (tertiary/aromatic N) is 3. The molecule has 0 bridgehead atoms.